The van der Waals surface area contributed by atoms with Crippen LogP contribution in [0.25, 0.3) is 0 Å². The summed E-state index contributed by atoms with van der Waals surface area (Å²) in [6.07, 6.45) is 0.997. The molecule has 1 atom stereocenters. The van der Waals surface area contributed by atoms with Crippen molar-refractivity contribution in [2.24, 2.45) is 0 Å². The molecule has 0 N–H and O–H groups in total. The van der Waals surface area contributed by atoms with Gasteiger partial charge in [-0.05, 0) is 12.2 Å². The molecule has 1 aliphatic rings. The number of methoxy groups -OCH3 is 1. The molecule has 1 saturated heterocycles. The lowest BCUT2D eigenvalue weighted by atomic mass is 10.3. The Balaban J connectivity index is 2.24. The minimum Gasteiger partial charge on any atom is -0.468 e. The smallest absolute Gasteiger partial charge is 0.318 e. The summed E-state index contributed by atoms with van der Waals surface area (Å²) in [7, 11) is 1.43. The van der Waals surface area contributed by atoms with Crippen LogP contribution < -0.4 is 0 Å². The monoisotopic (exact) mass is 132 g/mol. The van der Waals surface area contributed by atoms with Crippen LogP contribution in [0.1, 0.15) is 6.42 Å². The summed E-state index contributed by atoms with van der Waals surface area (Å²) in [5.41, 5.74) is 0. The van der Waals surface area contributed by atoms with Crippen molar-refractivity contribution in [3.05, 3.63) is 0 Å². The Morgan fingerprint density at radius 2 is 2.50 bits per heavy atom. The van der Waals surface area contributed by atoms with E-state index in [0.29, 0.717) is 0 Å². The quantitative estimate of drug-likeness (QED) is 0.490. The lowest BCUT2D eigenvalue weighted by Crippen LogP contribution is -2.26. The summed E-state index contributed by atoms with van der Waals surface area (Å²) < 4.78 is 4.49. The summed E-state index contributed by atoms with van der Waals surface area (Å²) in [4.78, 5) is 10.6. The molecule has 0 bridgehead atoms. The predicted octanol–water partition coefficient (Wildman–Crippen LogP) is 0.665. The maximum Gasteiger partial charge on any atom is 0.318 e. The Kier molecular flexibility index (Phi) is 1.78. The third kappa shape index (κ3) is 0.968. The fourth-order valence-corrected chi connectivity index (χ4v) is 1.26. The van der Waals surface area contributed by atoms with Crippen LogP contribution >= 0.6 is 11.8 Å². The summed E-state index contributed by atoms with van der Waals surface area (Å²) >= 11 is 1.66. The molecule has 1 aliphatic heterocycles. The molecule has 0 radical (unpaired) electrons. The summed E-state index contributed by atoms with van der Waals surface area (Å²) in [6.45, 7) is 0. The number of hydrogen-bond acceptors (Lipinski definition) is 3. The normalized spacial score (nSPS) is 26.4. The fraction of sp³-hybridized carbons (Fsp3) is 0.800. The van der Waals surface area contributed by atoms with Crippen molar-refractivity contribution >= 4 is 17.7 Å². The Hall–Kier alpha value is -0.180. The molecule has 46 valence electrons. The van der Waals surface area contributed by atoms with Gasteiger partial charge in [0.2, 0.25) is 0 Å². The SMILES string of the molecule is COC(=O)C1CCS1. The first-order chi connectivity index (χ1) is 3.84. The Bertz CT molecular complexity index is 98.6. The van der Waals surface area contributed by atoms with E-state index in [1.807, 2.05) is 0 Å². The van der Waals surface area contributed by atoms with Gasteiger partial charge in [0.1, 0.15) is 5.25 Å². The first-order valence-electron chi connectivity index (χ1n) is 2.54. The second-order valence-electron chi connectivity index (χ2n) is 1.67. The van der Waals surface area contributed by atoms with Gasteiger partial charge in [0.25, 0.3) is 0 Å². The van der Waals surface area contributed by atoms with Gasteiger partial charge in [-0.2, -0.15) is 0 Å². The highest BCUT2D eigenvalue weighted by molar-refractivity contribution is 8.01. The average molecular weight is 132 g/mol. The van der Waals surface area contributed by atoms with Crippen molar-refractivity contribution in [2.45, 2.75) is 11.7 Å². The van der Waals surface area contributed by atoms with Gasteiger partial charge in [-0.3, -0.25) is 4.79 Å². The van der Waals surface area contributed by atoms with Crippen molar-refractivity contribution in [1.29, 1.82) is 0 Å². The summed E-state index contributed by atoms with van der Waals surface area (Å²) in [6, 6.07) is 0. The summed E-state index contributed by atoms with van der Waals surface area (Å²) in [5, 5.41) is 0.153. The van der Waals surface area contributed by atoms with Gasteiger partial charge < -0.3 is 4.74 Å². The largest absolute Gasteiger partial charge is 0.468 e. The zero-order chi connectivity index (χ0) is 5.98. The number of esters is 1. The van der Waals surface area contributed by atoms with Crippen LogP contribution in [0.15, 0.2) is 0 Å². The molecule has 0 amide bonds. The van der Waals surface area contributed by atoms with Crippen molar-refractivity contribution in [1.82, 2.24) is 0 Å². The second-order valence-corrected chi connectivity index (χ2v) is 2.98. The number of ether oxygens (including phenoxy) is 1. The van der Waals surface area contributed by atoms with Crippen LogP contribution in [0.5, 0.6) is 0 Å². The Morgan fingerprint density at radius 3 is 2.62 bits per heavy atom. The average Bonchev–Trinajstić information content (AvgIpc) is 1.62. The van der Waals surface area contributed by atoms with Gasteiger partial charge in [-0.15, -0.1) is 11.8 Å². The first-order valence-corrected chi connectivity index (χ1v) is 3.59. The molecule has 0 aromatic heterocycles. The zero-order valence-electron chi connectivity index (χ0n) is 4.72. The number of carbonyl (C=O) groups excluding carboxylic acids is 1. The molecule has 1 unspecified atom stereocenters. The van der Waals surface area contributed by atoms with Crippen LogP contribution in [0.2, 0.25) is 0 Å². The van der Waals surface area contributed by atoms with Gasteiger partial charge >= 0.3 is 5.97 Å². The second kappa shape index (κ2) is 2.40. The van der Waals surface area contributed by atoms with E-state index in [2.05, 4.69) is 4.74 Å². The number of thioether (sulfide) groups is 1. The van der Waals surface area contributed by atoms with Gasteiger partial charge in [0.05, 0.1) is 7.11 Å². The third-order valence-electron chi connectivity index (χ3n) is 1.16. The molecule has 1 fully saturated rings. The van der Waals surface area contributed by atoms with Gasteiger partial charge in [0, 0.05) is 0 Å². The molecule has 8 heavy (non-hydrogen) atoms. The molecule has 0 spiro atoms. The van der Waals surface area contributed by atoms with E-state index in [-0.39, 0.29) is 11.2 Å². The molecule has 1 rings (SSSR count). The minimum absolute atomic E-state index is 0.0683. The van der Waals surface area contributed by atoms with Gasteiger partial charge in [-0.25, -0.2) is 0 Å². The maximum absolute atomic E-state index is 10.6. The first kappa shape index (κ1) is 5.95. The van der Waals surface area contributed by atoms with Gasteiger partial charge in [0.15, 0.2) is 0 Å². The van der Waals surface area contributed by atoms with Crippen LogP contribution in [-0.2, 0) is 9.53 Å². The van der Waals surface area contributed by atoms with E-state index in [9.17, 15) is 4.79 Å². The van der Waals surface area contributed by atoms with Crippen molar-refractivity contribution in [3.8, 4) is 0 Å². The minimum atomic E-state index is -0.0683. The molecule has 2 nitrogen and oxygen atoms in total. The van der Waals surface area contributed by atoms with Crippen molar-refractivity contribution in [2.75, 3.05) is 12.9 Å². The number of carbonyl (C=O) groups is 1. The summed E-state index contributed by atoms with van der Waals surface area (Å²) in [5.74, 6) is 1.04. The Morgan fingerprint density at radius 1 is 1.88 bits per heavy atom. The molecule has 0 aromatic rings. The molecule has 0 aromatic carbocycles. The van der Waals surface area contributed by atoms with Crippen molar-refractivity contribution in [3.63, 3.8) is 0 Å². The van der Waals surface area contributed by atoms with E-state index in [4.69, 9.17) is 0 Å². The van der Waals surface area contributed by atoms with E-state index < -0.39 is 0 Å². The van der Waals surface area contributed by atoms with E-state index in [1.165, 1.54) is 7.11 Å². The highest BCUT2D eigenvalue weighted by Gasteiger charge is 2.26. The maximum atomic E-state index is 10.6. The number of rotatable bonds is 1. The highest BCUT2D eigenvalue weighted by atomic mass is 32.2. The van der Waals surface area contributed by atoms with Crippen LogP contribution in [0, 0.1) is 0 Å². The van der Waals surface area contributed by atoms with E-state index in [1.54, 1.807) is 11.8 Å². The lowest BCUT2D eigenvalue weighted by molar-refractivity contribution is -0.140. The Labute approximate surface area is 52.6 Å². The molecule has 3 heteroatoms. The van der Waals surface area contributed by atoms with E-state index >= 15 is 0 Å². The number of hydrogen-bond donors (Lipinski definition) is 0. The third-order valence-corrected chi connectivity index (χ3v) is 2.47. The molecule has 0 aliphatic carbocycles. The fourth-order valence-electron chi connectivity index (χ4n) is 0.553. The molecule has 1 heterocycles. The van der Waals surface area contributed by atoms with Crippen LogP contribution in [-0.4, -0.2) is 24.1 Å². The highest BCUT2D eigenvalue weighted by Crippen LogP contribution is 2.28. The predicted molar refractivity (Wildman–Crippen MR) is 32.9 cm³/mol. The topological polar surface area (TPSA) is 26.3 Å². The van der Waals surface area contributed by atoms with Gasteiger partial charge in [-0.1, -0.05) is 0 Å². The van der Waals surface area contributed by atoms with Crippen molar-refractivity contribution < 1.29 is 9.53 Å². The van der Waals surface area contributed by atoms with E-state index in [0.717, 1.165) is 12.2 Å². The van der Waals surface area contributed by atoms with Crippen LogP contribution in [0.4, 0.5) is 0 Å². The molecular formula is C5H8O2S. The molecular weight excluding hydrogens is 124 g/mol. The lowest BCUT2D eigenvalue weighted by Gasteiger charge is -2.21. The molecule has 0 saturated carbocycles. The van der Waals surface area contributed by atoms with Crippen LogP contribution in [0.3, 0.4) is 0 Å². The standard InChI is InChI=1S/C5H8O2S/c1-7-5(6)4-2-3-8-4/h4H,2-3H2,1H3. The zero-order valence-corrected chi connectivity index (χ0v) is 5.53.